The number of carbonyl (C=O) groups is 3. The van der Waals surface area contributed by atoms with Gasteiger partial charge in [-0.2, -0.15) is 13.2 Å². The molecule has 0 bridgehead atoms. The molecule has 9 heteroatoms. The summed E-state index contributed by atoms with van der Waals surface area (Å²) in [5.74, 6) is -1.40. The van der Waals surface area contributed by atoms with E-state index in [-0.39, 0.29) is 0 Å². The number of urea groups is 1. The van der Waals surface area contributed by atoms with Crippen LogP contribution in [0.2, 0.25) is 0 Å². The lowest BCUT2D eigenvalue weighted by Gasteiger charge is -2.30. The first-order chi connectivity index (χ1) is 9.24. The van der Waals surface area contributed by atoms with Crippen LogP contribution in [-0.2, 0) is 9.59 Å². The first-order valence-corrected chi connectivity index (χ1v) is 6.21. The molecule has 6 nitrogen and oxygen atoms in total. The summed E-state index contributed by atoms with van der Waals surface area (Å²) in [7, 11) is 0. The van der Waals surface area contributed by atoms with Crippen molar-refractivity contribution in [3.8, 4) is 0 Å². The molecule has 0 unspecified atom stereocenters. The fourth-order valence-electron chi connectivity index (χ4n) is 2.68. The lowest BCUT2D eigenvalue weighted by atomic mass is 9.96. The van der Waals surface area contributed by atoms with Crippen LogP contribution < -0.4 is 10.6 Å². The van der Waals surface area contributed by atoms with Gasteiger partial charge in [0.1, 0.15) is 18.6 Å². The van der Waals surface area contributed by atoms with Crippen molar-refractivity contribution in [3.63, 3.8) is 0 Å². The fraction of sp³-hybridized carbons (Fsp3) is 0.727. The number of hydrogen-bond acceptors (Lipinski definition) is 3. The van der Waals surface area contributed by atoms with Gasteiger partial charge in [0.2, 0.25) is 5.91 Å². The molecule has 1 saturated heterocycles. The lowest BCUT2D eigenvalue weighted by molar-refractivity contribution is -0.139. The second-order valence-electron chi connectivity index (χ2n) is 4.98. The quantitative estimate of drug-likeness (QED) is 0.745. The Morgan fingerprint density at radius 3 is 2.45 bits per heavy atom. The van der Waals surface area contributed by atoms with E-state index in [1.165, 1.54) is 0 Å². The van der Waals surface area contributed by atoms with Gasteiger partial charge in [0.15, 0.2) is 0 Å². The van der Waals surface area contributed by atoms with E-state index in [4.69, 9.17) is 0 Å². The second-order valence-corrected chi connectivity index (χ2v) is 4.98. The standard InChI is InChI=1S/C11H14F3N3O3/c12-11(13,14)6-15-7(18)5-17-9(20)16-8(19)10(17)3-1-2-4-10/h1-6H2,(H,15,18)(H,16,19,20). The number of rotatable bonds is 3. The van der Waals surface area contributed by atoms with E-state index in [2.05, 4.69) is 5.32 Å². The number of imide groups is 1. The average Bonchev–Trinajstić information content (AvgIpc) is 2.89. The predicted octanol–water partition coefficient (Wildman–Crippen LogP) is 0.529. The number of nitrogens with zero attached hydrogens (tertiary/aromatic N) is 1. The molecule has 2 N–H and O–H groups in total. The van der Waals surface area contributed by atoms with Crippen LogP contribution in [0.1, 0.15) is 25.7 Å². The third-order valence-corrected chi connectivity index (χ3v) is 3.62. The number of nitrogens with one attached hydrogen (secondary N) is 2. The van der Waals surface area contributed by atoms with Gasteiger partial charge >= 0.3 is 12.2 Å². The van der Waals surface area contributed by atoms with Gasteiger partial charge in [0, 0.05) is 0 Å². The maximum Gasteiger partial charge on any atom is 0.405 e. The molecule has 0 aromatic carbocycles. The Morgan fingerprint density at radius 2 is 1.90 bits per heavy atom. The molecular formula is C11H14F3N3O3. The van der Waals surface area contributed by atoms with Crippen molar-refractivity contribution in [1.82, 2.24) is 15.5 Å². The highest BCUT2D eigenvalue weighted by atomic mass is 19.4. The third kappa shape index (κ3) is 2.70. The molecule has 2 aliphatic rings. The molecular weight excluding hydrogens is 279 g/mol. The molecule has 0 aromatic rings. The van der Waals surface area contributed by atoms with E-state index in [9.17, 15) is 27.6 Å². The van der Waals surface area contributed by atoms with Crippen molar-refractivity contribution in [3.05, 3.63) is 0 Å². The number of amides is 4. The van der Waals surface area contributed by atoms with E-state index in [0.29, 0.717) is 12.8 Å². The molecule has 0 radical (unpaired) electrons. The van der Waals surface area contributed by atoms with Crippen LogP contribution in [0.25, 0.3) is 0 Å². The van der Waals surface area contributed by atoms with Crippen LogP contribution in [0.3, 0.4) is 0 Å². The Bertz CT molecular complexity index is 444. The zero-order valence-corrected chi connectivity index (χ0v) is 10.5. The molecule has 1 heterocycles. The summed E-state index contributed by atoms with van der Waals surface area (Å²) >= 11 is 0. The Morgan fingerprint density at radius 1 is 1.30 bits per heavy atom. The average molecular weight is 293 g/mol. The molecule has 1 aliphatic heterocycles. The predicted molar refractivity (Wildman–Crippen MR) is 60.5 cm³/mol. The summed E-state index contributed by atoms with van der Waals surface area (Å²) in [4.78, 5) is 36.1. The van der Waals surface area contributed by atoms with Crippen LogP contribution in [0.4, 0.5) is 18.0 Å². The molecule has 20 heavy (non-hydrogen) atoms. The zero-order chi connectivity index (χ0) is 15.0. The van der Waals surface area contributed by atoms with Crippen LogP contribution in [-0.4, -0.2) is 47.6 Å². The largest absolute Gasteiger partial charge is 0.405 e. The molecule has 0 atom stereocenters. The number of alkyl halides is 3. The minimum Gasteiger partial charge on any atom is -0.345 e. The third-order valence-electron chi connectivity index (χ3n) is 3.62. The van der Waals surface area contributed by atoms with Crippen LogP contribution in [0.5, 0.6) is 0 Å². The van der Waals surface area contributed by atoms with Crippen molar-refractivity contribution < 1.29 is 27.6 Å². The summed E-state index contributed by atoms with van der Waals surface area (Å²) in [5, 5.41) is 3.82. The molecule has 0 aromatic heterocycles. The van der Waals surface area contributed by atoms with Crippen molar-refractivity contribution in [2.75, 3.05) is 13.1 Å². The van der Waals surface area contributed by atoms with Gasteiger partial charge in [-0.25, -0.2) is 4.79 Å². The molecule has 2 fully saturated rings. The zero-order valence-electron chi connectivity index (χ0n) is 10.5. The topological polar surface area (TPSA) is 78.5 Å². The molecule has 1 saturated carbocycles. The van der Waals surface area contributed by atoms with Crippen LogP contribution in [0, 0.1) is 0 Å². The van der Waals surface area contributed by atoms with Crippen molar-refractivity contribution in [2.24, 2.45) is 0 Å². The molecule has 2 rings (SSSR count). The summed E-state index contributed by atoms with van der Waals surface area (Å²) in [6.45, 7) is -2.00. The summed E-state index contributed by atoms with van der Waals surface area (Å²) < 4.78 is 36.0. The molecule has 1 aliphatic carbocycles. The van der Waals surface area contributed by atoms with E-state index in [1.807, 2.05) is 0 Å². The Labute approximate surface area is 112 Å². The maximum atomic E-state index is 12.0. The SMILES string of the molecule is O=C(CN1C(=O)NC(=O)C12CCCC2)NCC(F)(F)F. The first-order valence-electron chi connectivity index (χ1n) is 6.21. The Kier molecular flexibility index (Phi) is 3.61. The van der Waals surface area contributed by atoms with Crippen LogP contribution in [0.15, 0.2) is 0 Å². The Balaban J connectivity index is 2.02. The monoisotopic (exact) mass is 293 g/mol. The number of halogens is 3. The van der Waals surface area contributed by atoms with Gasteiger partial charge in [0.25, 0.3) is 5.91 Å². The minimum atomic E-state index is -4.51. The van der Waals surface area contributed by atoms with E-state index in [1.54, 1.807) is 5.32 Å². The normalized spacial score (nSPS) is 21.4. The second kappa shape index (κ2) is 4.95. The molecule has 4 amide bonds. The van der Waals surface area contributed by atoms with Gasteiger partial charge in [-0.3, -0.25) is 14.9 Å². The van der Waals surface area contributed by atoms with Crippen molar-refractivity contribution in [2.45, 2.75) is 37.4 Å². The van der Waals surface area contributed by atoms with Gasteiger partial charge in [-0.1, -0.05) is 12.8 Å². The lowest BCUT2D eigenvalue weighted by Crippen LogP contribution is -2.51. The summed E-state index contributed by atoms with van der Waals surface area (Å²) in [6, 6.07) is -0.723. The van der Waals surface area contributed by atoms with E-state index >= 15 is 0 Å². The highest BCUT2D eigenvalue weighted by Gasteiger charge is 2.54. The summed E-state index contributed by atoms with van der Waals surface area (Å²) in [6.07, 6.45) is -2.18. The van der Waals surface area contributed by atoms with Crippen molar-refractivity contribution in [1.29, 1.82) is 0 Å². The Hall–Kier alpha value is -1.80. The van der Waals surface area contributed by atoms with Gasteiger partial charge in [-0.05, 0) is 12.8 Å². The highest BCUT2D eigenvalue weighted by molar-refractivity contribution is 6.08. The first kappa shape index (κ1) is 14.6. The van der Waals surface area contributed by atoms with Crippen LogP contribution >= 0.6 is 0 Å². The van der Waals surface area contributed by atoms with Gasteiger partial charge in [-0.15, -0.1) is 0 Å². The van der Waals surface area contributed by atoms with E-state index in [0.717, 1.165) is 17.7 Å². The highest BCUT2D eigenvalue weighted by Crippen LogP contribution is 2.38. The number of hydrogen-bond donors (Lipinski definition) is 2. The number of carbonyl (C=O) groups excluding carboxylic acids is 3. The van der Waals surface area contributed by atoms with E-state index < -0.39 is 42.7 Å². The smallest absolute Gasteiger partial charge is 0.345 e. The molecule has 1 spiro atoms. The summed E-state index contributed by atoms with van der Waals surface area (Å²) in [5.41, 5.74) is -1.06. The maximum absolute atomic E-state index is 12.0. The fourth-order valence-corrected chi connectivity index (χ4v) is 2.68. The van der Waals surface area contributed by atoms with Crippen molar-refractivity contribution >= 4 is 17.8 Å². The van der Waals surface area contributed by atoms with Gasteiger partial charge < -0.3 is 10.2 Å². The van der Waals surface area contributed by atoms with Gasteiger partial charge in [0.05, 0.1) is 0 Å². The molecule has 112 valence electrons. The minimum absolute atomic E-state index is 0.428.